The van der Waals surface area contributed by atoms with Crippen molar-refractivity contribution in [1.82, 2.24) is 14.9 Å². The van der Waals surface area contributed by atoms with Crippen molar-refractivity contribution in [2.24, 2.45) is 0 Å². The molecule has 0 aliphatic carbocycles. The van der Waals surface area contributed by atoms with Crippen LogP contribution >= 0.6 is 0 Å². The quantitative estimate of drug-likeness (QED) is 0.664. The maximum Gasteiger partial charge on any atom is 0.122 e. The predicted octanol–water partition coefficient (Wildman–Crippen LogP) is 1.03. The Labute approximate surface area is 85.3 Å². The van der Waals surface area contributed by atoms with Crippen LogP contribution in [0.4, 0.5) is 0 Å². The fourth-order valence-electron chi connectivity index (χ4n) is 1.28. The van der Waals surface area contributed by atoms with Crippen molar-refractivity contribution >= 4 is 0 Å². The summed E-state index contributed by atoms with van der Waals surface area (Å²) < 4.78 is 7.54. The van der Waals surface area contributed by atoms with E-state index in [4.69, 9.17) is 4.74 Å². The number of ether oxygens (including phenoxy) is 1. The zero-order valence-electron chi connectivity index (χ0n) is 8.99. The van der Waals surface area contributed by atoms with Crippen molar-refractivity contribution in [3.63, 3.8) is 0 Å². The molecule has 0 atom stereocenters. The number of nitrogens with one attached hydrogen (secondary N) is 1. The molecule has 0 bridgehead atoms. The van der Waals surface area contributed by atoms with E-state index in [1.807, 2.05) is 19.4 Å². The van der Waals surface area contributed by atoms with Crippen molar-refractivity contribution in [2.45, 2.75) is 26.4 Å². The van der Waals surface area contributed by atoms with Gasteiger partial charge in [-0.05, 0) is 13.5 Å². The van der Waals surface area contributed by atoms with E-state index in [9.17, 15) is 0 Å². The van der Waals surface area contributed by atoms with Gasteiger partial charge >= 0.3 is 0 Å². The van der Waals surface area contributed by atoms with Gasteiger partial charge in [0.25, 0.3) is 0 Å². The van der Waals surface area contributed by atoms with E-state index in [2.05, 4.69) is 21.8 Å². The van der Waals surface area contributed by atoms with Gasteiger partial charge in [0.15, 0.2) is 0 Å². The molecule has 0 spiro atoms. The average molecular weight is 197 g/mol. The van der Waals surface area contributed by atoms with Gasteiger partial charge in [-0.3, -0.25) is 0 Å². The molecule has 1 aromatic rings. The lowest BCUT2D eigenvalue weighted by Crippen LogP contribution is -2.14. The zero-order chi connectivity index (χ0) is 10.2. The lowest BCUT2D eigenvalue weighted by molar-refractivity contribution is 0.126. The standard InChI is InChI=1S/C10H19N3O/c1-3-7-14-8-6-13-5-4-12-10(13)9-11-2/h4-5,11H,3,6-9H2,1-2H3. The molecule has 1 N–H and O–H groups in total. The van der Waals surface area contributed by atoms with Gasteiger partial charge in [0.2, 0.25) is 0 Å². The summed E-state index contributed by atoms with van der Waals surface area (Å²) in [5, 5.41) is 3.09. The second kappa shape index (κ2) is 6.56. The van der Waals surface area contributed by atoms with Gasteiger partial charge in [-0.1, -0.05) is 6.92 Å². The van der Waals surface area contributed by atoms with Crippen molar-refractivity contribution in [2.75, 3.05) is 20.3 Å². The van der Waals surface area contributed by atoms with E-state index in [1.54, 1.807) is 0 Å². The number of aromatic nitrogens is 2. The summed E-state index contributed by atoms with van der Waals surface area (Å²) in [5.41, 5.74) is 0. The first kappa shape index (κ1) is 11.2. The summed E-state index contributed by atoms with van der Waals surface area (Å²) in [5.74, 6) is 1.06. The smallest absolute Gasteiger partial charge is 0.122 e. The van der Waals surface area contributed by atoms with Crippen LogP contribution in [0.3, 0.4) is 0 Å². The molecule has 0 amide bonds. The van der Waals surface area contributed by atoms with Gasteiger partial charge in [-0.15, -0.1) is 0 Å². The first-order valence-corrected chi connectivity index (χ1v) is 5.10. The predicted molar refractivity (Wildman–Crippen MR) is 56.1 cm³/mol. The van der Waals surface area contributed by atoms with Crippen molar-refractivity contribution < 1.29 is 4.74 Å². The Balaban J connectivity index is 2.30. The van der Waals surface area contributed by atoms with Crippen LogP contribution in [0.25, 0.3) is 0 Å². The van der Waals surface area contributed by atoms with E-state index in [0.29, 0.717) is 0 Å². The molecule has 0 saturated carbocycles. The Hall–Kier alpha value is -0.870. The number of nitrogens with zero attached hydrogens (tertiary/aromatic N) is 2. The molecule has 0 radical (unpaired) electrons. The number of imidazole rings is 1. The van der Waals surface area contributed by atoms with Crippen molar-refractivity contribution in [1.29, 1.82) is 0 Å². The molecule has 1 rings (SSSR count). The Morgan fingerprint density at radius 2 is 2.36 bits per heavy atom. The number of hydrogen-bond donors (Lipinski definition) is 1. The van der Waals surface area contributed by atoms with E-state index >= 15 is 0 Å². The summed E-state index contributed by atoms with van der Waals surface area (Å²) in [4.78, 5) is 4.25. The highest BCUT2D eigenvalue weighted by Gasteiger charge is 2.00. The first-order chi connectivity index (χ1) is 6.88. The molecule has 14 heavy (non-hydrogen) atoms. The molecule has 1 aromatic heterocycles. The van der Waals surface area contributed by atoms with E-state index in [1.165, 1.54) is 0 Å². The van der Waals surface area contributed by atoms with Crippen molar-refractivity contribution in [3.05, 3.63) is 18.2 Å². The Kier molecular flexibility index (Phi) is 5.25. The number of hydrogen-bond acceptors (Lipinski definition) is 3. The molecule has 0 aliphatic rings. The highest BCUT2D eigenvalue weighted by atomic mass is 16.5. The minimum absolute atomic E-state index is 0.765. The molecule has 4 heteroatoms. The first-order valence-electron chi connectivity index (χ1n) is 5.10. The van der Waals surface area contributed by atoms with Gasteiger partial charge in [-0.2, -0.15) is 0 Å². The maximum absolute atomic E-state index is 5.42. The van der Waals surface area contributed by atoms with Gasteiger partial charge in [-0.25, -0.2) is 4.98 Å². The molecular formula is C10H19N3O. The molecule has 0 aromatic carbocycles. The topological polar surface area (TPSA) is 39.1 Å². The highest BCUT2D eigenvalue weighted by molar-refractivity contribution is 4.91. The summed E-state index contributed by atoms with van der Waals surface area (Å²) in [6.07, 6.45) is 4.89. The Morgan fingerprint density at radius 3 is 3.07 bits per heavy atom. The summed E-state index contributed by atoms with van der Waals surface area (Å²) >= 11 is 0. The minimum atomic E-state index is 0.765. The average Bonchev–Trinajstić information content (AvgIpc) is 2.61. The third kappa shape index (κ3) is 3.47. The van der Waals surface area contributed by atoms with Crippen LogP contribution in [0.15, 0.2) is 12.4 Å². The Bertz CT molecular complexity index is 247. The summed E-state index contributed by atoms with van der Waals surface area (Å²) in [6, 6.07) is 0. The maximum atomic E-state index is 5.42. The molecule has 80 valence electrons. The second-order valence-corrected chi connectivity index (χ2v) is 3.18. The molecule has 0 unspecified atom stereocenters. The van der Waals surface area contributed by atoms with Gasteiger partial charge in [0.1, 0.15) is 5.82 Å². The van der Waals surface area contributed by atoms with Crippen LogP contribution in [0, 0.1) is 0 Å². The van der Waals surface area contributed by atoms with Gasteiger partial charge < -0.3 is 14.6 Å². The molecule has 0 aliphatic heterocycles. The molecular weight excluding hydrogens is 178 g/mol. The third-order valence-electron chi connectivity index (χ3n) is 1.96. The van der Waals surface area contributed by atoms with Gasteiger partial charge in [0, 0.05) is 25.5 Å². The van der Waals surface area contributed by atoms with Crippen molar-refractivity contribution in [3.8, 4) is 0 Å². The third-order valence-corrected chi connectivity index (χ3v) is 1.96. The van der Waals surface area contributed by atoms with Crippen LogP contribution in [0.2, 0.25) is 0 Å². The zero-order valence-corrected chi connectivity index (χ0v) is 8.99. The number of rotatable bonds is 7. The fraction of sp³-hybridized carbons (Fsp3) is 0.700. The van der Waals surface area contributed by atoms with E-state index in [-0.39, 0.29) is 0 Å². The lowest BCUT2D eigenvalue weighted by atomic mass is 10.5. The monoisotopic (exact) mass is 197 g/mol. The molecule has 1 heterocycles. The Morgan fingerprint density at radius 1 is 1.50 bits per heavy atom. The lowest BCUT2D eigenvalue weighted by Gasteiger charge is -2.07. The second-order valence-electron chi connectivity index (χ2n) is 3.18. The highest BCUT2D eigenvalue weighted by Crippen LogP contribution is 1.97. The largest absolute Gasteiger partial charge is 0.380 e. The van der Waals surface area contributed by atoms with Crippen LogP contribution in [-0.4, -0.2) is 29.8 Å². The normalized spacial score (nSPS) is 10.7. The molecule has 4 nitrogen and oxygen atoms in total. The minimum Gasteiger partial charge on any atom is -0.380 e. The SMILES string of the molecule is CCCOCCn1ccnc1CNC. The van der Waals surface area contributed by atoms with Crippen LogP contribution < -0.4 is 5.32 Å². The summed E-state index contributed by atoms with van der Waals surface area (Å²) in [7, 11) is 1.92. The molecule has 0 fully saturated rings. The van der Waals surface area contributed by atoms with Gasteiger partial charge in [0.05, 0.1) is 13.2 Å². The van der Waals surface area contributed by atoms with Crippen LogP contribution in [-0.2, 0) is 17.8 Å². The summed E-state index contributed by atoms with van der Waals surface area (Å²) in [6.45, 7) is 5.42. The van der Waals surface area contributed by atoms with E-state index in [0.717, 1.165) is 38.5 Å². The van der Waals surface area contributed by atoms with Crippen LogP contribution in [0.1, 0.15) is 19.2 Å². The molecule has 0 saturated heterocycles. The van der Waals surface area contributed by atoms with Crippen LogP contribution in [0.5, 0.6) is 0 Å². The van der Waals surface area contributed by atoms with E-state index < -0.39 is 0 Å². The fourth-order valence-corrected chi connectivity index (χ4v) is 1.28.